The first kappa shape index (κ1) is 13.5. The van der Waals surface area contributed by atoms with E-state index in [1.54, 1.807) is 0 Å². The molecule has 94 valence electrons. The van der Waals surface area contributed by atoms with Crippen LogP contribution in [0, 0.1) is 11.3 Å². The lowest BCUT2D eigenvalue weighted by atomic mass is 9.85. The molecule has 0 aromatic carbocycles. The number of aliphatic imine (C=N–C) groups is 1. The number of alkyl halides is 3. The molecule has 7 heteroatoms. The summed E-state index contributed by atoms with van der Waals surface area (Å²) in [4.78, 5) is 15.6. The van der Waals surface area contributed by atoms with Crippen molar-refractivity contribution in [2.24, 2.45) is 4.99 Å². The molecule has 1 rings (SSSR count). The van der Waals surface area contributed by atoms with Gasteiger partial charge in [0.25, 0.3) is 0 Å². The lowest BCUT2D eigenvalue weighted by Gasteiger charge is -2.37. The molecule has 0 spiro atoms. The molecule has 1 amide bonds. The summed E-state index contributed by atoms with van der Waals surface area (Å²) in [6.07, 6.45) is -4.24. The highest BCUT2D eigenvalue weighted by Gasteiger charge is 2.45. The zero-order valence-electron chi connectivity index (χ0n) is 9.13. The Morgan fingerprint density at radius 1 is 1.47 bits per heavy atom. The Labute approximate surface area is 96.7 Å². The Morgan fingerprint density at radius 3 is 2.35 bits per heavy atom. The predicted molar refractivity (Wildman–Crippen MR) is 54.4 cm³/mol. The molecular weight excluding hydrogens is 235 g/mol. The van der Waals surface area contributed by atoms with Crippen LogP contribution < -0.4 is 0 Å². The molecule has 1 fully saturated rings. The van der Waals surface area contributed by atoms with Crippen LogP contribution in [0.5, 0.6) is 0 Å². The number of likely N-dealkylation sites (tertiary alicyclic amines) is 1. The van der Waals surface area contributed by atoms with Crippen molar-refractivity contribution in [1.82, 2.24) is 4.90 Å². The minimum absolute atomic E-state index is 0.0426. The fourth-order valence-corrected chi connectivity index (χ4v) is 1.84. The molecule has 0 aliphatic carbocycles. The van der Waals surface area contributed by atoms with Gasteiger partial charge < -0.3 is 4.90 Å². The van der Waals surface area contributed by atoms with E-state index in [9.17, 15) is 18.0 Å². The molecule has 4 nitrogen and oxygen atoms in total. The van der Waals surface area contributed by atoms with Crippen molar-refractivity contribution in [2.45, 2.75) is 31.0 Å². The predicted octanol–water partition coefficient (Wildman–Crippen LogP) is 1.52. The largest absolute Gasteiger partial charge is 0.471 e. The zero-order valence-corrected chi connectivity index (χ0v) is 9.13. The number of rotatable bonds is 2. The van der Waals surface area contributed by atoms with Crippen molar-refractivity contribution in [3.8, 4) is 6.07 Å². The summed E-state index contributed by atoms with van der Waals surface area (Å²) in [6.45, 7) is 3.28. The van der Waals surface area contributed by atoms with Crippen molar-refractivity contribution in [1.29, 1.82) is 5.26 Å². The zero-order chi connectivity index (χ0) is 13.1. The van der Waals surface area contributed by atoms with Gasteiger partial charge in [-0.3, -0.25) is 9.79 Å². The molecule has 0 atom stereocenters. The highest BCUT2D eigenvalue weighted by Crippen LogP contribution is 2.31. The highest BCUT2D eigenvalue weighted by atomic mass is 19.4. The van der Waals surface area contributed by atoms with Gasteiger partial charge in [0.1, 0.15) is 0 Å². The van der Waals surface area contributed by atoms with Crippen molar-refractivity contribution in [2.75, 3.05) is 13.1 Å². The number of piperidine rings is 1. The van der Waals surface area contributed by atoms with Gasteiger partial charge in [-0.15, -0.1) is 0 Å². The molecule has 1 saturated heterocycles. The van der Waals surface area contributed by atoms with Crippen LogP contribution in [0.25, 0.3) is 0 Å². The molecule has 0 aromatic rings. The van der Waals surface area contributed by atoms with Crippen LogP contribution in [-0.2, 0) is 4.79 Å². The summed E-state index contributed by atoms with van der Waals surface area (Å²) in [5.41, 5.74) is -0.697. The van der Waals surface area contributed by atoms with E-state index in [1.165, 1.54) is 0 Å². The first-order valence-electron chi connectivity index (χ1n) is 5.05. The van der Waals surface area contributed by atoms with E-state index in [1.807, 2.05) is 6.07 Å². The maximum atomic E-state index is 12.2. The first-order chi connectivity index (χ1) is 7.84. The van der Waals surface area contributed by atoms with Crippen LogP contribution in [-0.4, -0.2) is 42.3 Å². The molecule has 0 aromatic heterocycles. The fraction of sp³-hybridized carbons (Fsp3) is 0.700. The van der Waals surface area contributed by atoms with E-state index in [-0.39, 0.29) is 32.4 Å². The third-order valence-electron chi connectivity index (χ3n) is 2.97. The van der Waals surface area contributed by atoms with E-state index in [2.05, 4.69) is 11.7 Å². The second-order valence-corrected chi connectivity index (χ2v) is 4.01. The van der Waals surface area contributed by atoms with Crippen molar-refractivity contribution in [3.63, 3.8) is 0 Å². The lowest BCUT2D eigenvalue weighted by Crippen LogP contribution is -2.49. The molecule has 17 heavy (non-hydrogen) atoms. The van der Waals surface area contributed by atoms with Crippen LogP contribution in [0.4, 0.5) is 13.2 Å². The van der Waals surface area contributed by atoms with Crippen LogP contribution in [0.1, 0.15) is 19.3 Å². The number of amides is 1. The number of hydrogen-bond donors (Lipinski definition) is 0. The molecular formula is C10H12F3N3O. The summed E-state index contributed by atoms with van der Waals surface area (Å²) in [7, 11) is 0. The average molecular weight is 247 g/mol. The second-order valence-electron chi connectivity index (χ2n) is 4.01. The van der Waals surface area contributed by atoms with Crippen LogP contribution in [0.15, 0.2) is 4.99 Å². The molecule has 0 N–H and O–H groups in total. The normalized spacial score (nSPS) is 19.5. The Morgan fingerprint density at radius 2 is 2.00 bits per heavy atom. The summed E-state index contributed by atoms with van der Waals surface area (Å²) < 4.78 is 36.5. The van der Waals surface area contributed by atoms with Gasteiger partial charge in [0.15, 0.2) is 0 Å². The van der Waals surface area contributed by atoms with Gasteiger partial charge >= 0.3 is 12.1 Å². The molecule has 0 bridgehead atoms. The van der Waals surface area contributed by atoms with Crippen molar-refractivity contribution >= 4 is 12.6 Å². The van der Waals surface area contributed by atoms with Gasteiger partial charge in [-0.25, -0.2) is 0 Å². The summed E-state index contributed by atoms with van der Waals surface area (Å²) in [5, 5.41) is 8.62. The minimum atomic E-state index is -4.84. The average Bonchev–Trinajstić information content (AvgIpc) is 2.28. The highest BCUT2D eigenvalue weighted by molar-refractivity contribution is 5.81. The number of carbonyl (C=O) groups excluding carboxylic acids is 1. The Balaban J connectivity index is 2.65. The van der Waals surface area contributed by atoms with Gasteiger partial charge in [-0.05, 0) is 19.6 Å². The molecule has 1 heterocycles. The maximum absolute atomic E-state index is 12.2. The Hall–Kier alpha value is -1.58. The summed E-state index contributed by atoms with van der Waals surface area (Å²) in [6, 6.07) is 1.94. The van der Waals surface area contributed by atoms with Crippen LogP contribution >= 0.6 is 0 Å². The standard InChI is InChI=1S/C10H12F3N3O/c1-15-9(2-5-14)3-6-16(7-4-9)8(17)10(11,12)13/h1-4,6-7H2. The molecule has 1 aliphatic rings. The van der Waals surface area contributed by atoms with Gasteiger partial charge in [-0.1, -0.05) is 0 Å². The third kappa shape index (κ3) is 2.96. The number of hydrogen-bond acceptors (Lipinski definition) is 3. The SMILES string of the molecule is C=NC1(CC#N)CCN(C(=O)C(F)(F)F)CC1. The number of halogens is 3. The number of nitrogens with zero attached hydrogens (tertiary/aromatic N) is 3. The van der Waals surface area contributed by atoms with Gasteiger partial charge in [0.05, 0.1) is 18.0 Å². The first-order valence-corrected chi connectivity index (χ1v) is 5.05. The molecule has 0 radical (unpaired) electrons. The Kier molecular flexibility index (Phi) is 3.76. The maximum Gasteiger partial charge on any atom is 0.471 e. The van der Waals surface area contributed by atoms with Crippen molar-refractivity contribution < 1.29 is 18.0 Å². The fourth-order valence-electron chi connectivity index (χ4n) is 1.84. The minimum Gasteiger partial charge on any atom is -0.335 e. The monoisotopic (exact) mass is 247 g/mol. The van der Waals surface area contributed by atoms with Gasteiger partial charge in [0, 0.05) is 13.1 Å². The quantitative estimate of drug-likeness (QED) is 0.695. The summed E-state index contributed by atoms with van der Waals surface area (Å²) >= 11 is 0. The van der Waals surface area contributed by atoms with E-state index in [4.69, 9.17) is 5.26 Å². The van der Waals surface area contributed by atoms with Gasteiger partial charge in [0.2, 0.25) is 0 Å². The van der Waals surface area contributed by atoms with E-state index in [0.29, 0.717) is 0 Å². The van der Waals surface area contributed by atoms with Crippen molar-refractivity contribution in [3.05, 3.63) is 0 Å². The van der Waals surface area contributed by atoms with E-state index in [0.717, 1.165) is 4.90 Å². The number of carbonyl (C=O) groups is 1. The number of nitriles is 1. The van der Waals surface area contributed by atoms with Gasteiger partial charge in [-0.2, -0.15) is 18.4 Å². The topological polar surface area (TPSA) is 56.5 Å². The third-order valence-corrected chi connectivity index (χ3v) is 2.97. The van der Waals surface area contributed by atoms with E-state index >= 15 is 0 Å². The summed E-state index contributed by atoms with van der Waals surface area (Å²) in [5.74, 6) is -1.83. The molecule has 0 unspecified atom stereocenters. The second kappa shape index (κ2) is 4.73. The van der Waals surface area contributed by atoms with Crippen LogP contribution in [0.3, 0.4) is 0 Å². The molecule has 0 saturated carbocycles. The lowest BCUT2D eigenvalue weighted by molar-refractivity contribution is -0.186. The molecule has 1 aliphatic heterocycles. The smallest absolute Gasteiger partial charge is 0.335 e. The Bertz CT molecular complexity index is 351. The van der Waals surface area contributed by atoms with E-state index < -0.39 is 17.6 Å². The van der Waals surface area contributed by atoms with Crippen LogP contribution in [0.2, 0.25) is 0 Å².